The molecule has 0 aliphatic heterocycles. The number of carbonyl (C=O) groups is 1. The molecule has 0 aliphatic carbocycles. The fraction of sp³-hybridized carbons (Fsp3) is 0.875. The van der Waals surface area contributed by atoms with Gasteiger partial charge >= 0.3 is 0 Å². The molecule has 0 saturated carbocycles. The van der Waals surface area contributed by atoms with Crippen LogP contribution in [0.3, 0.4) is 0 Å². The Morgan fingerprint density at radius 2 is 2.33 bits per heavy atom. The summed E-state index contributed by atoms with van der Waals surface area (Å²) in [5.41, 5.74) is 0. The predicted molar refractivity (Wildman–Crippen MR) is 45.8 cm³/mol. The SMILES string of the molecule is COCCCC(=O)N[C@@H](C)CO. The van der Waals surface area contributed by atoms with Gasteiger partial charge in [-0.15, -0.1) is 0 Å². The zero-order valence-corrected chi connectivity index (χ0v) is 7.67. The van der Waals surface area contributed by atoms with E-state index < -0.39 is 0 Å². The van der Waals surface area contributed by atoms with E-state index >= 15 is 0 Å². The molecule has 72 valence electrons. The zero-order chi connectivity index (χ0) is 9.40. The molecule has 2 N–H and O–H groups in total. The molecule has 0 unspecified atom stereocenters. The average molecular weight is 175 g/mol. The van der Waals surface area contributed by atoms with Crippen LogP contribution in [0, 0.1) is 0 Å². The molecule has 0 fully saturated rings. The maximum Gasteiger partial charge on any atom is 0.220 e. The number of rotatable bonds is 6. The molecule has 0 heterocycles. The number of nitrogens with one attached hydrogen (secondary N) is 1. The molecule has 0 saturated heterocycles. The van der Waals surface area contributed by atoms with Crippen molar-refractivity contribution < 1.29 is 14.6 Å². The monoisotopic (exact) mass is 175 g/mol. The lowest BCUT2D eigenvalue weighted by atomic mass is 10.3. The highest BCUT2D eigenvalue weighted by Gasteiger charge is 2.04. The second-order valence-electron chi connectivity index (χ2n) is 2.75. The van der Waals surface area contributed by atoms with Crippen molar-refractivity contribution in [2.75, 3.05) is 20.3 Å². The summed E-state index contributed by atoms with van der Waals surface area (Å²) in [6.07, 6.45) is 1.18. The van der Waals surface area contributed by atoms with Crippen LogP contribution in [0.4, 0.5) is 0 Å². The summed E-state index contributed by atoms with van der Waals surface area (Å²) in [5, 5.41) is 11.3. The second kappa shape index (κ2) is 7.06. The maximum absolute atomic E-state index is 11.0. The summed E-state index contributed by atoms with van der Waals surface area (Å²) in [6.45, 7) is 2.34. The molecule has 12 heavy (non-hydrogen) atoms. The minimum atomic E-state index is -0.153. The average Bonchev–Trinajstić information content (AvgIpc) is 2.05. The molecule has 4 nitrogen and oxygen atoms in total. The van der Waals surface area contributed by atoms with E-state index in [9.17, 15) is 4.79 Å². The van der Waals surface area contributed by atoms with Crippen LogP contribution in [0.15, 0.2) is 0 Å². The first-order valence-corrected chi connectivity index (χ1v) is 4.10. The molecule has 1 atom stereocenters. The summed E-state index contributed by atoms with van der Waals surface area (Å²) in [5.74, 6) is -0.0337. The van der Waals surface area contributed by atoms with Gasteiger partial charge in [0.1, 0.15) is 0 Å². The van der Waals surface area contributed by atoms with Crippen LogP contribution in [0.2, 0.25) is 0 Å². The lowest BCUT2D eigenvalue weighted by Gasteiger charge is -2.09. The molecule has 0 spiro atoms. The van der Waals surface area contributed by atoms with Crippen LogP contribution in [0.5, 0.6) is 0 Å². The molecule has 0 aliphatic rings. The lowest BCUT2D eigenvalue weighted by Crippen LogP contribution is -2.34. The molecule has 0 aromatic rings. The van der Waals surface area contributed by atoms with Gasteiger partial charge in [0, 0.05) is 26.2 Å². The highest BCUT2D eigenvalue weighted by atomic mass is 16.5. The number of hydrogen-bond donors (Lipinski definition) is 2. The number of methoxy groups -OCH3 is 1. The number of hydrogen-bond acceptors (Lipinski definition) is 3. The third kappa shape index (κ3) is 6.12. The van der Waals surface area contributed by atoms with Crippen molar-refractivity contribution in [3.63, 3.8) is 0 Å². The summed E-state index contributed by atoms with van der Waals surface area (Å²) < 4.78 is 4.79. The van der Waals surface area contributed by atoms with E-state index in [1.165, 1.54) is 0 Å². The van der Waals surface area contributed by atoms with Gasteiger partial charge in [-0.25, -0.2) is 0 Å². The van der Waals surface area contributed by atoms with E-state index in [4.69, 9.17) is 9.84 Å². The highest BCUT2D eigenvalue weighted by Crippen LogP contribution is 1.90. The Bertz CT molecular complexity index is 127. The smallest absolute Gasteiger partial charge is 0.220 e. The van der Waals surface area contributed by atoms with Crippen molar-refractivity contribution in [1.29, 1.82) is 0 Å². The van der Waals surface area contributed by atoms with E-state index in [-0.39, 0.29) is 18.6 Å². The van der Waals surface area contributed by atoms with Gasteiger partial charge in [0.2, 0.25) is 5.91 Å². The van der Waals surface area contributed by atoms with E-state index in [2.05, 4.69) is 5.32 Å². The van der Waals surface area contributed by atoms with Crippen LogP contribution < -0.4 is 5.32 Å². The van der Waals surface area contributed by atoms with Gasteiger partial charge in [0.25, 0.3) is 0 Å². The van der Waals surface area contributed by atoms with Gasteiger partial charge in [0.05, 0.1) is 6.61 Å². The summed E-state index contributed by atoms with van der Waals surface area (Å²) in [4.78, 5) is 11.0. The Labute approximate surface area is 72.9 Å². The number of ether oxygens (including phenoxy) is 1. The lowest BCUT2D eigenvalue weighted by molar-refractivity contribution is -0.122. The molecule has 0 rings (SSSR count). The quantitative estimate of drug-likeness (QED) is 0.555. The largest absolute Gasteiger partial charge is 0.394 e. The predicted octanol–water partition coefficient (Wildman–Crippen LogP) is -0.0900. The number of amides is 1. The van der Waals surface area contributed by atoms with Crippen molar-refractivity contribution in [2.45, 2.75) is 25.8 Å². The van der Waals surface area contributed by atoms with Crippen LogP contribution in [-0.4, -0.2) is 37.4 Å². The van der Waals surface area contributed by atoms with Crippen LogP contribution in [0.1, 0.15) is 19.8 Å². The highest BCUT2D eigenvalue weighted by molar-refractivity contribution is 5.76. The zero-order valence-electron chi connectivity index (χ0n) is 7.67. The van der Waals surface area contributed by atoms with Gasteiger partial charge < -0.3 is 15.2 Å². The molecular formula is C8H17NO3. The fourth-order valence-electron chi connectivity index (χ4n) is 0.770. The second-order valence-corrected chi connectivity index (χ2v) is 2.75. The minimum Gasteiger partial charge on any atom is -0.394 e. The van der Waals surface area contributed by atoms with Crippen LogP contribution >= 0.6 is 0 Å². The Kier molecular flexibility index (Phi) is 6.70. The number of carbonyl (C=O) groups excluding carboxylic acids is 1. The minimum absolute atomic E-state index is 0.0178. The molecule has 1 amide bonds. The van der Waals surface area contributed by atoms with Gasteiger partial charge in [-0.2, -0.15) is 0 Å². The van der Waals surface area contributed by atoms with Crippen molar-refractivity contribution in [1.82, 2.24) is 5.32 Å². The first-order chi connectivity index (χ1) is 5.70. The van der Waals surface area contributed by atoms with Gasteiger partial charge in [-0.05, 0) is 13.3 Å². The Hall–Kier alpha value is -0.610. The van der Waals surface area contributed by atoms with Gasteiger partial charge in [-0.3, -0.25) is 4.79 Å². The first kappa shape index (κ1) is 11.4. The maximum atomic E-state index is 11.0. The Morgan fingerprint density at radius 1 is 1.67 bits per heavy atom. The van der Waals surface area contributed by atoms with Crippen molar-refractivity contribution in [3.8, 4) is 0 Å². The number of aliphatic hydroxyl groups is 1. The molecule has 0 aromatic heterocycles. The van der Waals surface area contributed by atoms with E-state index in [0.29, 0.717) is 13.0 Å². The van der Waals surface area contributed by atoms with E-state index in [1.54, 1.807) is 14.0 Å². The molecule has 4 heteroatoms. The van der Waals surface area contributed by atoms with Gasteiger partial charge in [0.15, 0.2) is 0 Å². The normalized spacial score (nSPS) is 12.6. The number of aliphatic hydroxyl groups excluding tert-OH is 1. The third-order valence-electron chi connectivity index (χ3n) is 1.43. The first-order valence-electron chi connectivity index (χ1n) is 4.10. The Morgan fingerprint density at radius 3 is 2.83 bits per heavy atom. The standard InChI is InChI=1S/C8H17NO3/c1-7(6-10)9-8(11)4-3-5-12-2/h7,10H,3-6H2,1-2H3,(H,9,11)/t7-/m0/s1. The van der Waals surface area contributed by atoms with Crippen LogP contribution in [0.25, 0.3) is 0 Å². The van der Waals surface area contributed by atoms with Crippen molar-refractivity contribution >= 4 is 5.91 Å². The Balaban J connectivity index is 3.33. The third-order valence-corrected chi connectivity index (χ3v) is 1.43. The molecule has 0 radical (unpaired) electrons. The molecule has 0 bridgehead atoms. The van der Waals surface area contributed by atoms with Crippen LogP contribution in [-0.2, 0) is 9.53 Å². The molecular weight excluding hydrogens is 158 g/mol. The fourth-order valence-corrected chi connectivity index (χ4v) is 0.770. The summed E-state index contributed by atoms with van der Waals surface area (Å²) in [6, 6.07) is -0.153. The van der Waals surface area contributed by atoms with Crippen molar-refractivity contribution in [3.05, 3.63) is 0 Å². The topological polar surface area (TPSA) is 58.6 Å². The van der Waals surface area contributed by atoms with Crippen molar-refractivity contribution in [2.24, 2.45) is 0 Å². The van der Waals surface area contributed by atoms with Gasteiger partial charge in [-0.1, -0.05) is 0 Å². The molecule has 0 aromatic carbocycles. The van der Waals surface area contributed by atoms with E-state index in [1.807, 2.05) is 0 Å². The van der Waals surface area contributed by atoms with E-state index in [0.717, 1.165) is 6.42 Å². The summed E-state index contributed by atoms with van der Waals surface area (Å²) in [7, 11) is 1.61. The summed E-state index contributed by atoms with van der Waals surface area (Å²) >= 11 is 0.